The third-order valence-electron chi connectivity index (χ3n) is 3.47. The lowest BCUT2D eigenvalue weighted by Gasteiger charge is -2.02. The quantitative estimate of drug-likeness (QED) is 0.875. The van der Waals surface area contributed by atoms with Gasteiger partial charge in [-0.15, -0.1) is 0 Å². The van der Waals surface area contributed by atoms with Gasteiger partial charge in [0.05, 0.1) is 23.3 Å². The number of benzene rings is 2. The zero-order valence-corrected chi connectivity index (χ0v) is 13.4. The fraction of sp³-hybridized carbons (Fsp3) is 0.222. The van der Waals surface area contributed by atoms with Crippen molar-refractivity contribution in [2.24, 2.45) is 11.5 Å². The van der Waals surface area contributed by atoms with E-state index in [0.717, 1.165) is 22.3 Å². The highest BCUT2D eigenvalue weighted by molar-refractivity contribution is 5.42. The predicted octanol–water partition coefficient (Wildman–Crippen LogP) is 1.83. The summed E-state index contributed by atoms with van der Waals surface area (Å²) >= 11 is 0. The van der Waals surface area contributed by atoms with Crippen LogP contribution in [0, 0.1) is 36.5 Å². The van der Waals surface area contributed by atoms with Crippen LogP contribution < -0.4 is 11.5 Å². The SMILES string of the molecule is Cc1cccc(C#N)c1CN.Cc1cccc(C#N)c1CN.O. The van der Waals surface area contributed by atoms with E-state index >= 15 is 0 Å². The number of nitriles is 2. The van der Waals surface area contributed by atoms with Crippen LogP contribution in [0.4, 0.5) is 0 Å². The largest absolute Gasteiger partial charge is 0.412 e. The summed E-state index contributed by atoms with van der Waals surface area (Å²) in [5, 5.41) is 17.3. The summed E-state index contributed by atoms with van der Waals surface area (Å²) in [7, 11) is 0. The van der Waals surface area contributed by atoms with Crippen molar-refractivity contribution in [2.45, 2.75) is 26.9 Å². The molecule has 0 radical (unpaired) electrons. The van der Waals surface area contributed by atoms with Crippen molar-refractivity contribution in [3.63, 3.8) is 0 Å². The van der Waals surface area contributed by atoms with Crippen molar-refractivity contribution in [3.05, 3.63) is 69.8 Å². The van der Waals surface area contributed by atoms with Crippen LogP contribution in [0.15, 0.2) is 36.4 Å². The lowest BCUT2D eigenvalue weighted by atomic mass is 10.0. The van der Waals surface area contributed by atoms with Gasteiger partial charge in [0.1, 0.15) is 0 Å². The first-order valence-corrected chi connectivity index (χ1v) is 6.96. The number of rotatable bonds is 2. The Balaban J connectivity index is 0.000000403. The van der Waals surface area contributed by atoms with E-state index < -0.39 is 0 Å². The van der Waals surface area contributed by atoms with Gasteiger partial charge in [-0.2, -0.15) is 10.5 Å². The van der Waals surface area contributed by atoms with Gasteiger partial charge in [0.15, 0.2) is 0 Å². The smallest absolute Gasteiger partial charge is 0.0995 e. The molecule has 0 atom stereocenters. The number of aryl methyl sites for hydroxylation is 2. The van der Waals surface area contributed by atoms with E-state index in [-0.39, 0.29) is 5.48 Å². The van der Waals surface area contributed by atoms with E-state index in [4.69, 9.17) is 22.0 Å². The number of nitrogens with zero attached hydrogens (tertiary/aromatic N) is 2. The maximum atomic E-state index is 8.67. The molecule has 6 N–H and O–H groups in total. The summed E-state index contributed by atoms with van der Waals surface area (Å²) in [5.41, 5.74) is 16.4. The molecule has 23 heavy (non-hydrogen) atoms. The Morgan fingerprint density at radius 2 is 1.13 bits per heavy atom. The van der Waals surface area contributed by atoms with Gasteiger partial charge in [0.25, 0.3) is 0 Å². The van der Waals surface area contributed by atoms with E-state index in [1.807, 2.05) is 38.1 Å². The molecule has 0 aliphatic heterocycles. The average molecular weight is 310 g/mol. The Morgan fingerprint density at radius 3 is 1.35 bits per heavy atom. The van der Waals surface area contributed by atoms with E-state index in [1.54, 1.807) is 12.1 Å². The molecule has 0 spiro atoms. The zero-order chi connectivity index (χ0) is 16.5. The molecule has 120 valence electrons. The summed E-state index contributed by atoms with van der Waals surface area (Å²) in [5.74, 6) is 0. The average Bonchev–Trinajstić information content (AvgIpc) is 2.54. The first-order valence-electron chi connectivity index (χ1n) is 6.96. The van der Waals surface area contributed by atoms with Crippen LogP contribution in [-0.4, -0.2) is 5.48 Å². The van der Waals surface area contributed by atoms with Crippen LogP contribution in [0.5, 0.6) is 0 Å². The monoisotopic (exact) mass is 310 g/mol. The molecule has 0 aliphatic carbocycles. The topological polar surface area (TPSA) is 131 Å². The van der Waals surface area contributed by atoms with Crippen LogP contribution in [-0.2, 0) is 13.1 Å². The molecule has 0 bridgehead atoms. The molecule has 2 rings (SSSR count). The molecule has 5 heteroatoms. The fourth-order valence-electron chi connectivity index (χ4n) is 2.16. The second-order valence-electron chi connectivity index (χ2n) is 4.83. The summed E-state index contributed by atoms with van der Waals surface area (Å²) in [6.07, 6.45) is 0. The Hall–Kier alpha value is -2.70. The highest BCUT2D eigenvalue weighted by Crippen LogP contribution is 2.12. The molecule has 0 saturated heterocycles. The van der Waals surface area contributed by atoms with Gasteiger partial charge in [0, 0.05) is 13.1 Å². The highest BCUT2D eigenvalue weighted by Gasteiger charge is 2.01. The Kier molecular flexibility index (Phi) is 8.91. The minimum atomic E-state index is 0. The van der Waals surface area contributed by atoms with Crippen molar-refractivity contribution in [3.8, 4) is 12.1 Å². The van der Waals surface area contributed by atoms with Gasteiger partial charge >= 0.3 is 0 Å². The standard InChI is InChI=1S/2C9H10N2.H2O/c2*1-7-3-2-4-8(5-10)9(7)6-11;/h2*2-4H,6,11H2,1H3;1H2. The van der Waals surface area contributed by atoms with Gasteiger partial charge in [-0.1, -0.05) is 24.3 Å². The van der Waals surface area contributed by atoms with Crippen LogP contribution in [0.25, 0.3) is 0 Å². The molecule has 5 nitrogen and oxygen atoms in total. The molecule has 0 aromatic heterocycles. The summed E-state index contributed by atoms with van der Waals surface area (Å²) in [6.45, 7) is 4.80. The van der Waals surface area contributed by atoms with Crippen LogP contribution in [0.3, 0.4) is 0 Å². The van der Waals surface area contributed by atoms with Gasteiger partial charge in [-0.3, -0.25) is 0 Å². The summed E-state index contributed by atoms with van der Waals surface area (Å²) in [6, 6.07) is 15.4. The zero-order valence-electron chi connectivity index (χ0n) is 13.4. The van der Waals surface area contributed by atoms with Crippen LogP contribution >= 0.6 is 0 Å². The maximum absolute atomic E-state index is 8.67. The van der Waals surface area contributed by atoms with Crippen molar-refractivity contribution in [2.75, 3.05) is 0 Å². The van der Waals surface area contributed by atoms with Crippen LogP contribution in [0.1, 0.15) is 33.4 Å². The van der Waals surface area contributed by atoms with E-state index in [9.17, 15) is 0 Å². The van der Waals surface area contributed by atoms with Gasteiger partial charge in [-0.05, 0) is 48.2 Å². The van der Waals surface area contributed by atoms with Crippen LogP contribution in [0.2, 0.25) is 0 Å². The van der Waals surface area contributed by atoms with Gasteiger partial charge in [0.2, 0.25) is 0 Å². The molecule has 0 aliphatic rings. The van der Waals surface area contributed by atoms with Crippen molar-refractivity contribution in [1.29, 1.82) is 10.5 Å². The third-order valence-corrected chi connectivity index (χ3v) is 3.47. The maximum Gasteiger partial charge on any atom is 0.0995 e. The molecule has 0 saturated carbocycles. The Bertz CT molecular complexity index is 663. The van der Waals surface area contributed by atoms with Crippen molar-refractivity contribution in [1.82, 2.24) is 0 Å². The Morgan fingerprint density at radius 1 is 0.783 bits per heavy atom. The third kappa shape index (κ3) is 5.21. The molecular weight excluding hydrogens is 288 g/mol. The Labute approximate surface area is 137 Å². The molecule has 0 unspecified atom stereocenters. The van der Waals surface area contributed by atoms with E-state index in [2.05, 4.69) is 12.1 Å². The predicted molar refractivity (Wildman–Crippen MR) is 91.2 cm³/mol. The second-order valence-corrected chi connectivity index (χ2v) is 4.83. The molecule has 2 aromatic rings. The normalized spacial score (nSPS) is 8.78. The highest BCUT2D eigenvalue weighted by atomic mass is 16.0. The van der Waals surface area contributed by atoms with E-state index in [0.29, 0.717) is 24.2 Å². The van der Waals surface area contributed by atoms with Gasteiger partial charge in [-0.25, -0.2) is 0 Å². The minimum absolute atomic E-state index is 0. The molecule has 0 fully saturated rings. The first kappa shape index (κ1) is 20.3. The number of nitrogens with two attached hydrogens (primary N) is 2. The number of hydrogen-bond acceptors (Lipinski definition) is 4. The van der Waals surface area contributed by atoms with E-state index in [1.165, 1.54) is 0 Å². The lowest BCUT2D eigenvalue weighted by molar-refractivity contribution is 0.824. The lowest BCUT2D eigenvalue weighted by Crippen LogP contribution is -2.01. The molecule has 0 heterocycles. The fourth-order valence-corrected chi connectivity index (χ4v) is 2.16. The summed E-state index contributed by atoms with van der Waals surface area (Å²) < 4.78 is 0. The van der Waals surface area contributed by atoms with Crippen molar-refractivity contribution >= 4 is 0 Å². The second kappa shape index (κ2) is 10.1. The molecule has 0 amide bonds. The minimum Gasteiger partial charge on any atom is -0.412 e. The first-order chi connectivity index (χ1) is 10.6. The van der Waals surface area contributed by atoms with Crippen molar-refractivity contribution < 1.29 is 5.48 Å². The molecular formula is C18H22N4O. The van der Waals surface area contributed by atoms with Gasteiger partial charge < -0.3 is 16.9 Å². The number of hydrogen-bond donors (Lipinski definition) is 2. The molecule has 2 aromatic carbocycles. The summed E-state index contributed by atoms with van der Waals surface area (Å²) in [4.78, 5) is 0.